The van der Waals surface area contributed by atoms with Crippen LogP contribution in [0, 0.1) is 0 Å². The van der Waals surface area contributed by atoms with E-state index in [2.05, 4.69) is 114 Å². The second-order valence-electron chi connectivity index (χ2n) is 14.0. The molecule has 0 aliphatic carbocycles. The molecule has 0 spiro atoms. The van der Waals surface area contributed by atoms with Crippen LogP contribution in [0.1, 0.15) is 0 Å². The average Bonchev–Trinajstić information content (AvgIpc) is 3.80. The van der Waals surface area contributed by atoms with Crippen molar-refractivity contribution in [3.63, 3.8) is 0 Å². The van der Waals surface area contributed by atoms with E-state index in [0.29, 0.717) is 17.5 Å². The van der Waals surface area contributed by atoms with E-state index >= 15 is 0 Å². The molecular formula is C49H28N4OS. The zero-order valence-corrected chi connectivity index (χ0v) is 30.1. The Morgan fingerprint density at radius 3 is 1.87 bits per heavy atom. The molecule has 6 heteroatoms. The number of ether oxygens (including phenoxy) is 1. The monoisotopic (exact) mass is 720 g/mol. The van der Waals surface area contributed by atoms with Crippen LogP contribution in [0.4, 0.5) is 0 Å². The lowest BCUT2D eigenvalue weighted by atomic mass is 9.93. The molecule has 55 heavy (non-hydrogen) atoms. The molecule has 1 aliphatic rings. The number of hydrogen-bond acceptors (Lipinski definition) is 5. The number of rotatable bonds is 4. The second kappa shape index (κ2) is 11.7. The van der Waals surface area contributed by atoms with Gasteiger partial charge in [0.1, 0.15) is 11.5 Å². The maximum atomic E-state index is 6.82. The normalized spacial score (nSPS) is 12.1. The Bertz CT molecular complexity index is 3290. The molecule has 4 heterocycles. The number of thiophene rings is 1. The van der Waals surface area contributed by atoms with Crippen LogP contribution < -0.4 is 4.74 Å². The van der Waals surface area contributed by atoms with Crippen LogP contribution in [0.25, 0.3) is 104 Å². The third-order valence-corrected chi connectivity index (χ3v) is 12.0. The van der Waals surface area contributed by atoms with E-state index in [1.807, 2.05) is 72.0 Å². The van der Waals surface area contributed by atoms with Crippen LogP contribution in [-0.4, -0.2) is 19.5 Å². The molecule has 0 amide bonds. The molecule has 0 bridgehead atoms. The highest BCUT2D eigenvalue weighted by atomic mass is 32.1. The molecule has 0 unspecified atom stereocenters. The van der Waals surface area contributed by atoms with Crippen molar-refractivity contribution in [1.82, 2.24) is 19.5 Å². The minimum absolute atomic E-state index is 0.595. The first kappa shape index (κ1) is 30.3. The third kappa shape index (κ3) is 4.55. The number of fused-ring (bicyclic) bond motifs is 9. The highest BCUT2D eigenvalue weighted by Crippen LogP contribution is 2.50. The van der Waals surface area contributed by atoms with Gasteiger partial charge in [0.15, 0.2) is 17.5 Å². The van der Waals surface area contributed by atoms with Gasteiger partial charge in [-0.2, -0.15) is 0 Å². The number of aromatic nitrogens is 4. The second-order valence-corrected chi connectivity index (χ2v) is 15.0. The average molecular weight is 721 g/mol. The Kier molecular flexibility index (Phi) is 6.44. The van der Waals surface area contributed by atoms with Gasteiger partial charge < -0.3 is 9.30 Å². The molecule has 8 aromatic carbocycles. The van der Waals surface area contributed by atoms with Crippen LogP contribution in [0.3, 0.4) is 0 Å². The Balaban J connectivity index is 1.04. The smallest absolute Gasteiger partial charge is 0.164 e. The van der Waals surface area contributed by atoms with Crippen molar-refractivity contribution in [2.24, 2.45) is 0 Å². The Morgan fingerprint density at radius 2 is 1.09 bits per heavy atom. The van der Waals surface area contributed by atoms with Crippen molar-refractivity contribution in [2.75, 3.05) is 0 Å². The summed E-state index contributed by atoms with van der Waals surface area (Å²) in [4.78, 5) is 14.8. The molecule has 3 aromatic heterocycles. The standard InChI is InChI=1S/C49H28N4OS/c1-3-12-29(13-4-1)47-50-48(30-14-5-2-6-15-30)52-49(51-47)31-22-23-33-35-18-11-19-38-40(26-27-41(44(35)38)54-42(33)28-31)53-39-20-9-7-16-32(39)36-24-25-37-34-17-8-10-21-43(34)55-46(37)45(36)53/h1-28H. The van der Waals surface area contributed by atoms with Gasteiger partial charge >= 0.3 is 0 Å². The third-order valence-electron chi connectivity index (χ3n) is 10.8. The fraction of sp³-hybridized carbons (Fsp3) is 0. The molecular weight excluding hydrogens is 693 g/mol. The lowest BCUT2D eigenvalue weighted by Gasteiger charge is -2.23. The van der Waals surface area contributed by atoms with Crippen LogP contribution in [-0.2, 0) is 0 Å². The van der Waals surface area contributed by atoms with E-state index in [1.54, 1.807) is 0 Å². The first-order valence-electron chi connectivity index (χ1n) is 18.4. The molecule has 5 nitrogen and oxygen atoms in total. The lowest BCUT2D eigenvalue weighted by molar-refractivity contribution is 0.487. The summed E-state index contributed by atoms with van der Waals surface area (Å²) in [5.74, 6) is 3.46. The van der Waals surface area contributed by atoms with Crippen molar-refractivity contribution in [1.29, 1.82) is 0 Å². The summed E-state index contributed by atoms with van der Waals surface area (Å²) in [5, 5.41) is 7.34. The fourth-order valence-electron chi connectivity index (χ4n) is 8.37. The molecule has 0 saturated heterocycles. The number of benzene rings is 8. The van der Waals surface area contributed by atoms with E-state index in [9.17, 15) is 0 Å². The maximum absolute atomic E-state index is 6.82. The molecule has 0 fully saturated rings. The van der Waals surface area contributed by atoms with E-state index in [4.69, 9.17) is 19.7 Å². The fourth-order valence-corrected chi connectivity index (χ4v) is 9.61. The molecule has 11 aromatic rings. The van der Waals surface area contributed by atoms with Gasteiger partial charge in [0.25, 0.3) is 0 Å². The van der Waals surface area contributed by atoms with Crippen molar-refractivity contribution in [3.8, 4) is 62.5 Å². The summed E-state index contributed by atoms with van der Waals surface area (Å²) in [6.07, 6.45) is 0. The Hall–Kier alpha value is -7.15. The van der Waals surface area contributed by atoms with Gasteiger partial charge in [-0.3, -0.25) is 0 Å². The summed E-state index contributed by atoms with van der Waals surface area (Å²) < 4.78 is 11.9. The molecule has 0 N–H and O–H groups in total. The van der Waals surface area contributed by atoms with E-state index in [0.717, 1.165) is 55.8 Å². The van der Waals surface area contributed by atoms with Crippen LogP contribution in [0.5, 0.6) is 11.5 Å². The first-order valence-corrected chi connectivity index (χ1v) is 19.2. The quantitative estimate of drug-likeness (QED) is 0.182. The molecule has 1 aliphatic heterocycles. The van der Waals surface area contributed by atoms with Crippen molar-refractivity contribution < 1.29 is 4.74 Å². The van der Waals surface area contributed by atoms with E-state index < -0.39 is 0 Å². The van der Waals surface area contributed by atoms with Gasteiger partial charge in [-0.15, -0.1) is 11.3 Å². The van der Waals surface area contributed by atoms with Gasteiger partial charge in [-0.25, -0.2) is 15.0 Å². The van der Waals surface area contributed by atoms with Crippen molar-refractivity contribution >= 4 is 64.1 Å². The van der Waals surface area contributed by atoms with Crippen molar-refractivity contribution in [3.05, 3.63) is 170 Å². The van der Waals surface area contributed by atoms with Crippen molar-refractivity contribution in [2.45, 2.75) is 0 Å². The molecule has 0 radical (unpaired) electrons. The minimum atomic E-state index is 0.595. The van der Waals surface area contributed by atoms with Crippen LogP contribution >= 0.6 is 11.3 Å². The summed E-state index contributed by atoms with van der Waals surface area (Å²) in [6, 6.07) is 59.5. The number of para-hydroxylation sites is 1. The Morgan fingerprint density at radius 1 is 0.436 bits per heavy atom. The lowest BCUT2D eigenvalue weighted by Crippen LogP contribution is -2.02. The van der Waals surface area contributed by atoms with Gasteiger partial charge in [-0.1, -0.05) is 133 Å². The maximum Gasteiger partial charge on any atom is 0.164 e. The van der Waals surface area contributed by atoms with Crippen LogP contribution in [0.15, 0.2) is 170 Å². The summed E-state index contributed by atoms with van der Waals surface area (Å²) >= 11 is 1.87. The predicted octanol–water partition coefficient (Wildman–Crippen LogP) is 13.3. The highest BCUT2D eigenvalue weighted by molar-refractivity contribution is 7.26. The van der Waals surface area contributed by atoms with E-state index in [-0.39, 0.29) is 0 Å². The summed E-state index contributed by atoms with van der Waals surface area (Å²) in [7, 11) is 0. The van der Waals surface area contributed by atoms with E-state index in [1.165, 1.54) is 42.0 Å². The zero-order chi connectivity index (χ0) is 36.0. The summed E-state index contributed by atoms with van der Waals surface area (Å²) in [5.41, 5.74) is 8.47. The number of nitrogens with zero attached hydrogens (tertiary/aromatic N) is 4. The first-order chi connectivity index (χ1) is 27.3. The highest BCUT2D eigenvalue weighted by Gasteiger charge is 2.25. The molecule has 12 rings (SSSR count). The van der Waals surface area contributed by atoms with Gasteiger partial charge in [0.2, 0.25) is 0 Å². The van der Waals surface area contributed by atoms with Gasteiger partial charge in [0, 0.05) is 59.3 Å². The summed E-state index contributed by atoms with van der Waals surface area (Å²) in [6.45, 7) is 0. The Labute approximate surface area is 319 Å². The largest absolute Gasteiger partial charge is 0.456 e. The zero-order valence-electron chi connectivity index (χ0n) is 29.3. The number of hydrogen-bond donors (Lipinski definition) is 0. The molecule has 0 atom stereocenters. The van der Waals surface area contributed by atoms with Gasteiger partial charge in [-0.05, 0) is 42.0 Å². The predicted molar refractivity (Wildman–Crippen MR) is 226 cm³/mol. The SMILES string of the molecule is c1ccc(-c2nc(-c3ccccc3)nc(-c3ccc4c(c3)Oc3ccc(-n5c6ccccc6c6ccc7c8ccccc8sc7c65)c5cccc-4c35)n2)cc1. The molecule has 0 saturated carbocycles. The minimum Gasteiger partial charge on any atom is -0.456 e. The molecule has 256 valence electrons. The van der Waals surface area contributed by atoms with Crippen LogP contribution in [0.2, 0.25) is 0 Å². The topological polar surface area (TPSA) is 52.8 Å². The van der Waals surface area contributed by atoms with Gasteiger partial charge in [0.05, 0.1) is 21.4 Å².